The molecule has 0 aliphatic carbocycles. The molecule has 1 aromatic heterocycles. The summed E-state index contributed by atoms with van der Waals surface area (Å²) < 4.78 is 1.92. The summed E-state index contributed by atoms with van der Waals surface area (Å²) in [5, 5.41) is 8.84. The van der Waals surface area contributed by atoms with Crippen molar-refractivity contribution in [2.24, 2.45) is 7.05 Å². The fourth-order valence-electron chi connectivity index (χ4n) is 1.21. The Hall–Kier alpha value is -1.29. The second kappa shape index (κ2) is 4.67. The fraction of sp³-hybridized carbons (Fsp3) is 0.444. The molecule has 4 heteroatoms. The van der Waals surface area contributed by atoms with Crippen molar-refractivity contribution in [1.29, 1.82) is 0 Å². The highest BCUT2D eigenvalue weighted by atomic mass is 16.3. The number of aromatic nitrogens is 2. The zero-order valence-corrected chi connectivity index (χ0v) is 7.85. The standard InChI is InChI=1S/C9H15N3O/c1-3-5-12(7-8-13)9-10-4-6-11(9)2/h3-4,6,13H,1,5,7-8H2,2H3. The minimum atomic E-state index is 0.126. The van der Waals surface area contributed by atoms with Crippen LogP contribution in [-0.4, -0.2) is 34.4 Å². The fourth-order valence-corrected chi connectivity index (χ4v) is 1.21. The summed E-state index contributed by atoms with van der Waals surface area (Å²) in [6.07, 6.45) is 5.41. The highest BCUT2D eigenvalue weighted by molar-refractivity contribution is 5.31. The van der Waals surface area contributed by atoms with E-state index in [1.807, 2.05) is 22.7 Å². The molecule has 0 spiro atoms. The molecule has 0 fully saturated rings. The molecule has 0 bridgehead atoms. The zero-order chi connectivity index (χ0) is 9.68. The van der Waals surface area contributed by atoms with E-state index < -0.39 is 0 Å². The molecule has 1 rings (SSSR count). The van der Waals surface area contributed by atoms with Gasteiger partial charge in [0.2, 0.25) is 5.95 Å². The van der Waals surface area contributed by atoms with Gasteiger partial charge in [0.1, 0.15) is 0 Å². The molecule has 0 saturated carbocycles. The van der Waals surface area contributed by atoms with Crippen molar-refractivity contribution in [3.63, 3.8) is 0 Å². The minimum Gasteiger partial charge on any atom is -0.395 e. The molecule has 72 valence electrons. The molecule has 0 radical (unpaired) electrons. The lowest BCUT2D eigenvalue weighted by Gasteiger charge is -2.20. The summed E-state index contributed by atoms with van der Waals surface area (Å²) in [5.41, 5.74) is 0. The maximum absolute atomic E-state index is 8.84. The molecule has 0 aliphatic rings. The second-order valence-electron chi connectivity index (χ2n) is 2.80. The van der Waals surface area contributed by atoms with Crippen molar-refractivity contribution in [1.82, 2.24) is 9.55 Å². The zero-order valence-electron chi connectivity index (χ0n) is 7.85. The van der Waals surface area contributed by atoms with Gasteiger partial charge in [-0.1, -0.05) is 6.08 Å². The van der Waals surface area contributed by atoms with Crippen molar-refractivity contribution in [3.05, 3.63) is 25.0 Å². The van der Waals surface area contributed by atoms with Crippen molar-refractivity contribution in [2.45, 2.75) is 0 Å². The summed E-state index contributed by atoms with van der Waals surface area (Å²) in [6.45, 7) is 5.07. The van der Waals surface area contributed by atoms with E-state index in [1.165, 1.54) is 0 Å². The van der Waals surface area contributed by atoms with Crippen LogP contribution in [0.5, 0.6) is 0 Å². The monoisotopic (exact) mass is 181 g/mol. The van der Waals surface area contributed by atoms with Crippen LogP contribution in [0.3, 0.4) is 0 Å². The van der Waals surface area contributed by atoms with Crippen LogP contribution in [-0.2, 0) is 7.05 Å². The molecule has 4 nitrogen and oxygen atoms in total. The number of anilines is 1. The van der Waals surface area contributed by atoms with E-state index in [0.717, 1.165) is 5.95 Å². The first kappa shape index (κ1) is 9.80. The number of aliphatic hydroxyl groups is 1. The van der Waals surface area contributed by atoms with Gasteiger partial charge >= 0.3 is 0 Å². The molecule has 0 unspecified atom stereocenters. The van der Waals surface area contributed by atoms with Crippen LogP contribution >= 0.6 is 0 Å². The molecule has 0 aliphatic heterocycles. The summed E-state index contributed by atoms with van der Waals surface area (Å²) in [5.74, 6) is 0.856. The Labute approximate surface area is 78.1 Å². The molecule has 0 amide bonds. The van der Waals surface area contributed by atoms with E-state index in [0.29, 0.717) is 13.1 Å². The van der Waals surface area contributed by atoms with Crippen molar-refractivity contribution >= 4 is 5.95 Å². The van der Waals surface area contributed by atoms with Crippen LogP contribution < -0.4 is 4.90 Å². The van der Waals surface area contributed by atoms with Gasteiger partial charge in [-0.05, 0) is 0 Å². The van der Waals surface area contributed by atoms with E-state index in [-0.39, 0.29) is 6.61 Å². The van der Waals surface area contributed by atoms with Gasteiger partial charge in [0.05, 0.1) is 6.61 Å². The average molecular weight is 181 g/mol. The highest BCUT2D eigenvalue weighted by Crippen LogP contribution is 2.08. The first-order valence-electron chi connectivity index (χ1n) is 4.23. The Kier molecular flexibility index (Phi) is 3.52. The first-order chi connectivity index (χ1) is 6.29. The maximum atomic E-state index is 8.84. The molecule has 0 aromatic carbocycles. The second-order valence-corrected chi connectivity index (χ2v) is 2.80. The van der Waals surface area contributed by atoms with Gasteiger partial charge in [0.15, 0.2) is 0 Å². The lowest BCUT2D eigenvalue weighted by molar-refractivity contribution is 0.302. The number of imidazole rings is 1. The largest absolute Gasteiger partial charge is 0.395 e. The summed E-state index contributed by atoms with van der Waals surface area (Å²) in [6, 6.07) is 0. The van der Waals surface area contributed by atoms with E-state index in [4.69, 9.17) is 5.11 Å². The number of aryl methyl sites for hydroxylation is 1. The van der Waals surface area contributed by atoms with E-state index in [1.54, 1.807) is 12.3 Å². The highest BCUT2D eigenvalue weighted by Gasteiger charge is 2.07. The molecule has 1 heterocycles. The Bertz CT molecular complexity index is 270. The van der Waals surface area contributed by atoms with E-state index in [9.17, 15) is 0 Å². The molecule has 1 N–H and O–H groups in total. The van der Waals surface area contributed by atoms with Crippen molar-refractivity contribution < 1.29 is 5.11 Å². The van der Waals surface area contributed by atoms with Gasteiger partial charge in [-0.25, -0.2) is 4.98 Å². The molecule has 0 atom stereocenters. The Morgan fingerprint density at radius 1 is 1.77 bits per heavy atom. The predicted octanol–water partition coefficient (Wildman–Crippen LogP) is 0.405. The van der Waals surface area contributed by atoms with Gasteiger partial charge in [0, 0.05) is 32.5 Å². The lowest BCUT2D eigenvalue weighted by Crippen LogP contribution is -2.29. The van der Waals surface area contributed by atoms with Crippen LogP contribution in [0, 0.1) is 0 Å². The third-order valence-corrected chi connectivity index (χ3v) is 1.80. The van der Waals surface area contributed by atoms with Crippen LogP contribution in [0.15, 0.2) is 25.0 Å². The number of aliphatic hydroxyl groups excluding tert-OH is 1. The third kappa shape index (κ3) is 2.32. The van der Waals surface area contributed by atoms with Gasteiger partial charge < -0.3 is 14.6 Å². The number of hydrogen-bond acceptors (Lipinski definition) is 3. The topological polar surface area (TPSA) is 41.3 Å². The minimum absolute atomic E-state index is 0.126. The SMILES string of the molecule is C=CCN(CCO)c1nccn1C. The molecular weight excluding hydrogens is 166 g/mol. The first-order valence-corrected chi connectivity index (χ1v) is 4.23. The Morgan fingerprint density at radius 2 is 2.54 bits per heavy atom. The van der Waals surface area contributed by atoms with Gasteiger partial charge in [-0.3, -0.25) is 0 Å². The molecule has 13 heavy (non-hydrogen) atoms. The van der Waals surface area contributed by atoms with E-state index >= 15 is 0 Å². The normalized spacial score (nSPS) is 10.0. The summed E-state index contributed by atoms with van der Waals surface area (Å²) in [7, 11) is 1.93. The summed E-state index contributed by atoms with van der Waals surface area (Å²) >= 11 is 0. The van der Waals surface area contributed by atoms with Crippen molar-refractivity contribution in [3.8, 4) is 0 Å². The van der Waals surface area contributed by atoms with Crippen LogP contribution in [0.4, 0.5) is 5.95 Å². The van der Waals surface area contributed by atoms with Crippen LogP contribution in [0.25, 0.3) is 0 Å². The summed E-state index contributed by atoms with van der Waals surface area (Å²) in [4.78, 5) is 6.15. The number of nitrogens with zero attached hydrogens (tertiary/aromatic N) is 3. The van der Waals surface area contributed by atoms with E-state index in [2.05, 4.69) is 11.6 Å². The smallest absolute Gasteiger partial charge is 0.205 e. The van der Waals surface area contributed by atoms with Crippen LogP contribution in [0.1, 0.15) is 0 Å². The van der Waals surface area contributed by atoms with Gasteiger partial charge in [-0.15, -0.1) is 6.58 Å². The molecule has 1 aromatic rings. The predicted molar refractivity (Wildman–Crippen MR) is 52.7 cm³/mol. The molecular formula is C9H15N3O. The Morgan fingerprint density at radius 3 is 3.00 bits per heavy atom. The van der Waals surface area contributed by atoms with Crippen molar-refractivity contribution in [2.75, 3.05) is 24.6 Å². The average Bonchev–Trinajstić information content (AvgIpc) is 2.51. The Balaban J connectivity index is 2.74. The lowest BCUT2D eigenvalue weighted by atomic mass is 10.5. The quantitative estimate of drug-likeness (QED) is 0.669. The van der Waals surface area contributed by atoms with Gasteiger partial charge in [0.25, 0.3) is 0 Å². The van der Waals surface area contributed by atoms with Gasteiger partial charge in [-0.2, -0.15) is 0 Å². The number of hydrogen-bond donors (Lipinski definition) is 1. The number of rotatable bonds is 5. The van der Waals surface area contributed by atoms with Crippen LogP contribution in [0.2, 0.25) is 0 Å². The maximum Gasteiger partial charge on any atom is 0.205 e. The molecule has 0 saturated heterocycles. The third-order valence-electron chi connectivity index (χ3n) is 1.80.